The second-order valence-electron chi connectivity index (χ2n) is 1.99. The molecule has 0 aromatic heterocycles. The highest BCUT2D eigenvalue weighted by Crippen LogP contribution is 2.21. The minimum atomic E-state index is -2.87. The first kappa shape index (κ1) is 17.3. The Kier molecular flexibility index (Phi) is 11.2. The monoisotopic (exact) mass is 272 g/mol. The summed E-state index contributed by atoms with van der Waals surface area (Å²) in [7, 11) is -5.74. The number of aromatic hydroxyl groups is 2. The summed E-state index contributed by atoms with van der Waals surface area (Å²) < 4.78 is 17.4. The first-order valence-electron chi connectivity index (χ1n) is 3.44. The Labute approximate surface area is 92.0 Å². The predicted molar refractivity (Wildman–Crippen MR) is 53.9 cm³/mol. The zero-order valence-corrected chi connectivity index (χ0v) is 9.49. The fourth-order valence-electron chi connectivity index (χ4n) is 0.464. The van der Waals surface area contributed by atoms with Gasteiger partial charge in [0.15, 0.2) is 11.5 Å². The van der Waals surface area contributed by atoms with Crippen LogP contribution in [0, 0.1) is 0 Å². The molecule has 0 unspecified atom stereocenters. The molecule has 0 bridgehead atoms. The van der Waals surface area contributed by atoms with Crippen molar-refractivity contribution < 1.29 is 38.9 Å². The fourth-order valence-corrected chi connectivity index (χ4v) is 0.464. The molecule has 0 atom stereocenters. The van der Waals surface area contributed by atoms with Gasteiger partial charge >= 0.3 is 16.5 Å². The number of rotatable bonds is 0. The van der Waals surface area contributed by atoms with Gasteiger partial charge in [0, 0.05) is 9.13 Å². The number of benzene rings is 1. The summed E-state index contributed by atoms with van der Waals surface area (Å²) in [5.74, 6) is -0.153. The van der Waals surface area contributed by atoms with Gasteiger partial charge in [-0.25, -0.2) is 0 Å². The Hall–Kier alpha value is -1.14. The molecular formula is C6H10O8P2+2. The van der Waals surface area contributed by atoms with Gasteiger partial charge in [0.05, 0.1) is 0 Å². The summed E-state index contributed by atoms with van der Waals surface area (Å²) in [6.07, 6.45) is 0. The first-order chi connectivity index (χ1) is 7.27. The zero-order chi connectivity index (χ0) is 13.1. The third kappa shape index (κ3) is 18.6. The lowest BCUT2D eigenvalue weighted by Crippen LogP contribution is -1.63. The standard InChI is InChI=1S/C6H6O2.2HO3P/c7-5-3-1-2-4-6(5)8;2*1-4(2)3/h1-4,7-8H;2*(H-,1,2,3)/p+2. The van der Waals surface area contributed by atoms with E-state index >= 15 is 0 Å². The number of para-hydroxylation sites is 2. The zero-order valence-electron chi connectivity index (χ0n) is 7.70. The molecule has 0 amide bonds. The van der Waals surface area contributed by atoms with E-state index in [0.29, 0.717) is 0 Å². The van der Waals surface area contributed by atoms with Crippen molar-refractivity contribution in [2.45, 2.75) is 0 Å². The van der Waals surface area contributed by atoms with Gasteiger partial charge in [0.1, 0.15) is 0 Å². The van der Waals surface area contributed by atoms with Gasteiger partial charge in [-0.3, -0.25) is 0 Å². The van der Waals surface area contributed by atoms with E-state index in [-0.39, 0.29) is 11.5 Å². The second-order valence-corrected chi connectivity index (χ2v) is 3.01. The summed E-state index contributed by atoms with van der Waals surface area (Å²) >= 11 is 0. The van der Waals surface area contributed by atoms with Crippen molar-refractivity contribution in [3.63, 3.8) is 0 Å². The average molecular weight is 272 g/mol. The number of hydrogen-bond acceptors (Lipinski definition) is 4. The fraction of sp³-hybridized carbons (Fsp3) is 0. The van der Waals surface area contributed by atoms with Crippen molar-refractivity contribution in [3.8, 4) is 11.5 Å². The maximum absolute atomic E-state index is 8.70. The van der Waals surface area contributed by atoms with Crippen LogP contribution in [0.5, 0.6) is 11.5 Å². The van der Waals surface area contributed by atoms with Crippen LogP contribution in [0.15, 0.2) is 24.3 Å². The maximum Gasteiger partial charge on any atom is 0.692 e. The van der Waals surface area contributed by atoms with E-state index in [2.05, 4.69) is 0 Å². The van der Waals surface area contributed by atoms with Gasteiger partial charge in [-0.05, 0) is 12.1 Å². The van der Waals surface area contributed by atoms with Gasteiger partial charge in [-0.15, -0.1) is 19.6 Å². The number of phenols is 2. The van der Waals surface area contributed by atoms with Gasteiger partial charge in [0.2, 0.25) is 0 Å². The van der Waals surface area contributed by atoms with Gasteiger partial charge in [0.25, 0.3) is 0 Å². The van der Waals surface area contributed by atoms with E-state index in [1.807, 2.05) is 0 Å². The Morgan fingerprint density at radius 3 is 1.06 bits per heavy atom. The molecule has 0 saturated carbocycles. The highest BCUT2D eigenvalue weighted by molar-refractivity contribution is 7.31. The van der Waals surface area contributed by atoms with Gasteiger partial charge in [-0.1, -0.05) is 12.1 Å². The van der Waals surface area contributed by atoms with E-state index < -0.39 is 16.5 Å². The summed E-state index contributed by atoms with van der Waals surface area (Å²) in [5.41, 5.74) is 0. The van der Waals surface area contributed by atoms with Gasteiger partial charge in [-0.2, -0.15) is 0 Å². The summed E-state index contributed by atoms with van der Waals surface area (Å²) in [6.45, 7) is 0. The maximum atomic E-state index is 8.70. The van der Waals surface area contributed by atoms with Crippen molar-refractivity contribution in [2.75, 3.05) is 0 Å². The molecular weight excluding hydrogens is 262 g/mol. The molecule has 1 rings (SSSR count). The second kappa shape index (κ2) is 10.4. The van der Waals surface area contributed by atoms with Crippen LogP contribution in [0.2, 0.25) is 0 Å². The van der Waals surface area contributed by atoms with Crippen LogP contribution in [-0.2, 0) is 9.13 Å². The molecule has 0 fully saturated rings. The van der Waals surface area contributed by atoms with Crippen molar-refractivity contribution in [1.82, 2.24) is 0 Å². The molecule has 6 N–H and O–H groups in total. The molecule has 0 aliphatic carbocycles. The van der Waals surface area contributed by atoms with Crippen LogP contribution in [0.4, 0.5) is 0 Å². The minimum absolute atomic E-state index is 0.0764. The molecule has 0 radical (unpaired) electrons. The van der Waals surface area contributed by atoms with Crippen LogP contribution in [0.25, 0.3) is 0 Å². The van der Waals surface area contributed by atoms with Gasteiger partial charge < -0.3 is 10.2 Å². The molecule has 0 saturated heterocycles. The first-order valence-corrected chi connectivity index (χ1v) is 5.77. The molecule has 10 heteroatoms. The molecule has 16 heavy (non-hydrogen) atoms. The Morgan fingerprint density at radius 2 is 0.938 bits per heavy atom. The average Bonchev–Trinajstić information content (AvgIpc) is 2.08. The van der Waals surface area contributed by atoms with Crippen molar-refractivity contribution in [1.29, 1.82) is 0 Å². The van der Waals surface area contributed by atoms with E-state index in [9.17, 15) is 0 Å². The largest absolute Gasteiger partial charge is 0.692 e. The third-order valence-corrected chi connectivity index (χ3v) is 0.882. The lowest BCUT2D eigenvalue weighted by molar-refractivity contribution is 0.403. The Morgan fingerprint density at radius 1 is 0.750 bits per heavy atom. The third-order valence-electron chi connectivity index (χ3n) is 0.882. The van der Waals surface area contributed by atoms with Crippen LogP contribution >= 0.6 is 16.5 Å². The number of hydrogen-bond donors (Lipinski definition) is 6. The van der Waals surface area contributed by atoms with E-state index in [1.54, 1.807) is 12.1 Å². The lowest BCUT2D eigenvalue weighted by atomic mass is 10.3. The quantitative estimate of drug-likeness (QED) is 0.292. The molecule has 90 valence electrons. The van der Waals surface area contributed by atoms with E-state index in [0.717, 1.165) is 0 Å². The minimum Gasteiger partial charge on any atom is -0.504 e. The normalized spacial score (nSPS) is 7.75. The van der Waals surface area contributed by atoms with Crippen LogP contribution < -0.4 is 0 Å². The van der Waals surface area contributed by atoms with Crippen LogP contribution in [0.1, 0.15) is 0 Å². The lowest BCUT2D eigenvalue weighted by Gasteiger charge is -1.91. The molecule has 8 nitrogen and oxygen atoms in total. The summed E-state index contributed by atoms with van der Waals surface area (Å²) in [5, 5.41) is 17.3. The SMILES string of the molecule is O=[P+](O)O.O=[P+](O)O.Oc1ccccc1O. The Balaban J connectivity index is 0. The number of phenolic OH excluding ortho intramolecular Hbond substituents is 2. The van der Waals surface area contributed by atoms with Crippen molar-refractivity contribution in [2.24, 2.45) is 0 Å². The van der Waals surface area contributed by atoms with Crippen molar-refractivity contribution in [3.05, 3.63) is 24.3 Å². The highest BCUT2D eigenvalue weighted by atomic mass is 31.1. The summed E-state index contributed by atoms with van der Waals surface area (Å²) in [6, 6.07) is 6.15. The topological polar surface area (TPSA) is 156 Å². The smallest absolute Gasteiger partial charge is 0.504 e. The van der Waals surface area contributed by atoms with Crippen LogP contribution in [-0.4, -0.2) is 29.8 Å². The van der Waals surface area contributed by atoms with Crippen molar-refractivity contribution >= 4 is 16.5 Å². The predicted octanol–water partition coefficient (Wildman–Crippen LogP) is 0.355. The van der Waals surface area contributed by atoms with E-state index in [1.165, 1.54) is 12.1 Å². The van der Waals surface area contributed by atoms with E-state index in [4.69, 9.17) is 38.9 Å². The highest BCUT2D eigenvalue weighted by Gasteiger charge is 1.93. The van der Waals surface area contributed by atoms with Crippen LogP contribution in [0.3, 0.4) is 0 Å². The molecule has 1 aromatic carbocycles. The molecule has 0 aliphatic heterocycles. The molecule has 0 spiro atoms. The molecule has 0 aliphatic rings. The Bertz CT molecular complexity index is 300. The molecule has 0 heterocycles. The summed E-state index contributed by atoms with van der Waals surface area (Å²) in [4.78, 5) is 28.5. The molecule has 1 aromatic rings.